The first kappa shape index (κ1) is 22.7. The first-order valence-electron chi connectivity index (χ1n) is 10.9. The minimum absolute atomic E-state index is 0.187. The minimum Gasteiger partial charge on any atom is -0.494 e. The van der Waals surface area contributed by atoms with E-state index in [9.17, 15) is 9.59 Å². The van der Waals surface area contributed by atoms with Crippen LogP contribution in [0.4, 0.5) is 0 Å². The average molecular weight is 463 g/mol. The third-order valence-electron chi connectivity index (χ3n) is 5.40. The van der Waals surface area contributed by atoms with Crippen molar-refractivity contribution in [3.8, 4) is 5.75 Å². The predicted octanol–water partition coefficient (Wildman–Crippen LogP) is 3.51. The van der Waals surface area contributed by atoms with E-state index in [2.05, 4.69) is 4.99 Å². The molecule has 2 heterocycles. The van der Waals surface area contributed by atoms with Crippen molar-refractivity contribution in [3.05, 3.63) is 96.2 Å². The van der Waals surface area contributed by atoms with Gasteiger partial charge in [-0.3, -0.25) is 9.36 Å². The van der Waals surface area contributed by atoms with Gasteiger partial charge in [0.05, 0.1) is 35.1 Å². The predicted molar refractivity (Wildman–Crippen MR) is 129 cm³/mol. The number of hydrogen-bond donors (Lipinski definition) is 0. The normalized spacial score (nSPS) is 15.8. The molecule has 4 rings (SSSR count). The zero-order valence-corrected chi connectivity index (χ0v) is 19.9. The quantitative estimate of drug-likeness (QED) is 0.526. The molecule has 0 N–H and O–H groups in total. The molecule has 0 saturated carbocycles. The lowest BCUT2D eigenvalue weighted by molar-refractivity contribution is -0.139. The van der Waals surface area contributed by atoms with E-state index in [0.717, 1.165) is 22.4 Å². The summed E-state index contributed by atoms with van der Waals surface area (Å²) in [6.07, 6.45) is 1.84. The number of carbonyl (C=O) groups excluding carboxylic acids is 1. The van der Waals surface area contributed by atoms with E-state index in [1.54, 1.807) is 18.4 Å². The number of aryl methyl sites for hydroxylation is 1. The summed E-state index contributed by atoms with van der Waals surface area (Å²) >= 11 is 1.31. The van der Waals surface area contributed by atoms with Gasteiger partial charge in [0.25, 0.3) is 5.56 Å². The van der Waals surface area contributed by atoms with Gasteiger partial charge in [0, 0.05) is 0 Å². The van der Waals surface area contributed by atoms with Crippen LogP contribution >= 0.6 is 11.3 Å². The monoisotopic (exact) mass is 462 g/mol. The van der Waals surface area contributed by atoms with Crippen molar-refractivity contribution in [2.24, 2.45) is 4.99 Å². The maximum Gasteiger partial charge on any atom is 0.338 e. The highest BCUT2D eigenvalue weighted by Crippen LogP contribution is 2.30. The molecular weight excluding hydrogens is 436 g/mol. The summed E-state index contributed by atoms with van der Waals surface area (Å²) in [4.78, 5) is 31.6. The van der Waals surface area contributed by atoms with Crippen LogP contribution in [0.1, 0.15) is 43.5 Å². The van der Waals surface area contributed by atoms with Gasteiger partial charge < -0.3 is 9.47 Å². The molecule has 7 heteroatoms. The van der Waals surface area contributed by atoms with E-state index in [1.807, 2.05) is 68.5 Å². The van der Waals surface area contributed by atoms with Crippen molar-refractivity contribution < 1.29 is 14.3 Å². The summed E-state index contributed by atoms with van der Waals surface area (Å²) in [5.74, 6) is 0.329. The van der Waals surface area contributed by atoms with Gasteiger partial charge in [0.15, 0.2) is 4.80 Å². The average Bonchev–Trinajstić information content (AvgIpc) is 3.09. The number of benzene rings is 2. The van der Waals surface area contributed by atoms with Gasteiger partial charge in [-0.1, -0.05) is 53.3 Å². The molecule has 0 unspecified atom stereocenters. The van der Waals surface area contributed by atoms with Crippen molar-refractivity contribution >= 4 is 23.4 Å². The molecule has 0 spiro atoms. The molecule has 1 atom stereocenters. The standard InChI is InChI=1S/C26H26N2O4S/c1-5-31-20-13-9-18(10-14-20)15-21-24(29)28-23(19-11-7-16(3)8-12-19)22(25(30)32-6-2)17(4)27-26(28)33-21/h7-15,23H,5-6H2,1-4H3/b21-15+/t23-/m0/s1. The molecule has 170 valence electrons. The summed E-state index contributed by atoms with van der Waals surface area (Å²) < 4.78 is 13.0. The first-order valence-corrected chi connectivity index (χ1v) is 11.7. The number of nitrogens with zero attached hydrogens (tertiary/aromatic N) is 2. The number of aromatic nitrogens is 1. The second kappa shape index (κ2) is 9.58. The molecule has 0 aliphatic carbocycles. The molecule has 33 heavy (non-hydrogen) atoms. The highest BCUT2D eigenvalue weighted by molar-refractivity contribution is 7.07. The van der Waals surface area contributed by atoms with E-state index in [1.165, 1.54) is 11.3 Å². The van der Waals surface area contributed by atoms with Gasteiger partial charge in [-0.05, 0) is 57.0 Å². The number of hydrogen-bond acceptors (Lipinski definition) is 6. The van der Waals surface area contributed by atoms with Gasteiger partial charge in [-0.15, -0.1) is 0 Å². The number of carbonyl (C=O) groups is 1. The summed E-state index contributed by atoms with van der Waals surface area (Å²) in [6.45, 7) is 8.33. The molecule has 0 fully saturated rings. The van der Waals surface area contributed by atoms with Gasteiger partial charge in [-0.25, -0.2) is 9.79 Å². The number of ether oxygens (including phenoxy) is 2. The topological polar surface area (TPSA) is 69.9 Å². The molecule has 1 aliphatic heterocycles. The Hall–Kier alpha value is -3.45. The van der Waals surface area contributed by atoms with Gasteiger partial charge in [0.2, 0.25) is 0 Å². The lowest BCUT2D eigenvalue weighted by Gasteiger charge is -2.24. The van der Waals surface area contributed by atoms with E-state index in [0.29, 0.717) is 27.2 Å². The molecule has 3 aromatic rings. The Kier molecular flexibility index (Phi) is 6.60. The van der Waals surface area contributed by atoms with Crippen molar-refractivity contribution in [2.75, 3.05) is 13.2 Å². The number of rotatable bonds is 6. The summed E-state index contributed by atoms with van der Waals surface area (Å²) in [7, 11) is 0. The van der Waals surface area contributed by atoms with Crippen LogP contribution in [-0.4, -0.2) is 23.8 Å². The fourth-order valence-corrected chi connectivity index (χ4v) is 4.88. The Morgan fingerprint density at radius 1 is 1.06 bits per heavy atom. The van der Waals surface area contributed by atoms with E-state index in [4.69, 9.17) is 9.47 Å². The van der Waals surface area contributed by atoms with Crippen LogP contribution in [0.25, 0.3) is 6.08 Å². The maximum absolute atomic E-state index is 13.6. The van der Waals surface area contributed by atoms with Gasteiger partial charge >= 0.3 is 5.97 Å². The molecule has 1 aliphatic rings. The number of fused-ring (bicyclic) bond motifs is 1. The first-order chi connectivity index (χ1) is 15.9. The Labute approximate surface area is 196 Å². The van der Waals surface area contributed by atoms with Crippen LogP contribution in [0.15, 0.2) is 69.6 Å². The number of esters is 1. The zero-order valence-electron chi connectivity index (χ0n) is 19.1. The third-order valence-corrected chi connectivity index (χ3v) is 6.38. The van der Waals surface area contributed by atoms with Crippen LogP contribution in [0.2, 0.25) is 0 Å². The number of thiazole rings is 1. The van der Waals surface area contributed by atoms with Crippen molar-refractivity contribution in [2.45, 2.75) is 33.7 Å². The van der Waals surface area contributed by atoms with Crippen molar-refractivity contribution in [1.82, 2.24) is 4.57 Å². The molecule has 0 saturated heterocycles. The Balaban J connectivity index is 1.88. The molecule has 0 bridgehead atoms. The summed E-state index contributed by atoms with van der Waals surface area (Å²) in [6, 6.07) is 14.8. The third kappa shape index (κ3) is 4.54. The van der Waals surface area contributed by atoms with Crippen molar-refractivity contribution in [1.29, 1.82) is 0 Å². The number of allylic oxidation sites excluding steroid dienone is 1. The SMILES string of the molecule is CCOC(=O)C1=C(C)N=c2s/c(=C/c3ccc(OCC)cc3)c(=O)n2[C@H]1c1ccc(C)cc1. The van der Waals surface area contributed by atoms with E-state index < -0.39 is 12.0 Å². The molecule has 1 aromatic heterocycles. The fraction of sp³-hybridized carbons (Fsp3) is 0.269. The van der Waals surface area contributed by atoms with Crippen LogP contribution in [0, 0.1) is 6.92 Å². The minimum atomic E-state index is -0.594. The molecule has 2 aromatic carbocycles. The summed E-state index contributed by atoms with van der Waals surface area (Å²) in [5.41, 5.74) is 3.59. The van der Waals surface area contributed by atoms with Gasteiger partial charge in [0.1, 0.15) is 5.75 Å². The molecule has 0 amide bonds. The van der Waals surface area contributed by atoms with Crippen LogP contribution in [0.5, 0.6) is 5.75 Å². The van der Waals surface area contributed by atoms with Crippen LogP contribution in [-0.2, 0) is 9.53 Å². The van der Waals surface area contributed by atoms with E-state index in [-0.39, 0.29) is 12.2 Å². The summed E-state index contributed by atoms with van der Waals surface area (Å²) in [5, 5.41) is 0. The maximum atomic E-state index is 13.6. The zero-order chi connectivity index (χ0) is 23.5. The second-order valence-corrected chi connectivity index (χ2v) is 8.72. The molecule has 6 nitrogen and oxygen atoms in total. The molecular formula is C26H26N2O4S. The second-order valence-electron chi connectivity index (χ2n) is 7.72. The fourth-order valence-electron chi connectivity index (χ4n) is 3.83. The van der Waals surface area contributed by atoms with Crippen LogP contribution in [0.3, 0.4) is 0 Å². The van der Waals surface area contributed by atoms with Gasteiger partial charge in [-0.2, -0.15) is 0 Å². The smallest absolute Gasteiger partial charge is 0.338 e. The van der Waals surface area contributed by atoms with Crippen LogP contribution < -0.4 is 19.6 Å². The Morgan fingerprint density at radius 2 is 1.76 bits per heavy atom. The lowest BCUT2D eigenvalue weighted by atomic mass is 9.95. The Morgan fingerprint density at radius 3 is 2.39 bits per heavy atom. The lowest BCUT2D eigenvalue weighted by Crippen LogP contribution is -2.39. The van der Waals surface area contributed by atoms with E-state index >= 15 is 0 Å². The molecule has 0 radical (unpaired) electrons. The van der Waals surface area contributed by atoms with Crippen molar-refractivity contribution in [3.63, 3.8) is 0 Å². The highest BCUT2D eigenvalue weighted by atomic mass is 32.1. The highest BCUT2D eigenvalue weighted by Gasteiger charge is 2.33. The Bertz CT molecular complexity index is 1380. The largest absolute Gasteiger partial charge is 0.494 e.